The number of hydrogen-bond donors (Lipinski definition) is 0. The van der Waals surface area contributed by atoms with E-state index in [1.807, 2.05) is 11.0 Å². The number of fused-ring (bicyclic) bond motifs is 2. The molecule has 174 valence electrons. The van der Waals surface area contributed by atoms with Crippen LogP contribution in [0, 0.1) is 10.8 Å². The van der Waals surface area contributed by atoms with E-state index >= 15 is 0 Å². The highest BCUT2D eigenvalue weighted by Crippen LogP contribution is 2.52. The number of carbonyl (C=O) groups excluding carboxylic acids is 1. The Morgan fingerprint density at radius 3 is 2.59 bits per heavy atom. The molecule has 1 aromatic heterocycles. The topological polar surface area (TPSA) is 33.2 Å². The maximum Gasteiger partial charge on any atom is 0.416 e. The second-order valence-electron chi connectivity index (χ2n) is 9.98. The SMILES string of the molecule is C.CC1(C)C[C@@H]2C[C@@](C)(CN2C(=O)c2cccc(CSc3cccc(C(F)(F)F)c3)n2)C1. The standard InChI is InChI=1S/C24H27F3N2OS.CH4/c1-22(2)11-18-12-23(3,14-22)15-29(18)21(30)20-9-5-7-17(28-20)13-31-19-8-4-6-16(10-19)24(25,26)27;/h4-10,18H,11-15H2,1-3H3;1H4/t18-,23-;/m1./s1. The molecule has 7 heteroatoms. The predicted molar refractivity (Wildman–Crippen MR) is 123 cm³/mol. The van der Waals surface area contributed by atoms with Gasteiger partial charge in [-0.25, -0.2) is 4.98 Å². The van der Waals surface area contributed by atoms with Gasteiger partial charge in [0.15, 0.2) is 0 Å². The Morgan fingerprint density at radius 2 is 1.88 bits per heavy atom. The molecule has 1 aliphatic carbocycles. The number of rotatable bonds is 4. The minimum absolute atomic E-state index is 0. The predicted octanol–water partition coefficient (Wildman–Crippen LogP) is 7.07. The summed E-state index contributed by atoms with van der Waals surface area (Å²) in [6, 6.07) is 10.9. The Balaban J connectivity index is 0.00000289. The lowest BCUT2D eigenvalue weighted by molar-refractivity contribution is -0.137. The highest BCUT2D eigenvalue weighted by molar-refractivity contribution is 7.98. The zero-order valence-corrected chi connectivity index (χ0v) is 18.8. The minimum Gasteiger partial charge on any atom is -0.334 e. The Labute approximate surface area is 192 Å². The van der Waals surface area contributed by atoms with Crippen molar-refractivity contribution < 1.29 is 18.0 Å². The van der Waals surface area contributed by atoms with Gasteiger partial charge in [-0.05, 0) is 60.4 Å². The summed E-state index contributed by atoms with van der Waals surface area (Å²) in [5.74, 6) is 0.355. The molecule has 1 amide bonds. The zero-order valence-electron chi connectivity index (χ0n) is 18.0. The van der Waals surface area contributed by atoms with Gasteiger partial charge in [0.2, 0.25) is 0 Å². The van der Waals surface area contributed by atoms with E-state index in [2.05, 4.69) is 25.8 Å². The number of likely N-dealkylation sites (tertiary alicyclic amines) is 1. The van der Waals surface area contributed by atoms with Gasteiger partial charge in [-0.15, -0.1) is 11.8 Å². The summed E-state index contributed by atoms with van der Waals surface area (Å²) in [5, 5.41) is 0. The second-order valence-corrected chi connectivity index (χ2v) is 11.0. The van der Waals surface area contributed by atoms with Crippen molar-refractivity contribution in [3.8, 4) is 0 Å². The van der Waals surface area contributed by atoms with E-state index in [1.54, 1.807) is 18.2 Å². The van der Waals surface area contributed by atoms with Crippen molar-refractivity contribution in [1.82, 2.24) is 9.88 Å². The maximum atomic E-state index is 13.3. The van der Waals surface area contributed by atoms with Gasteiger partial charge in [0.25, 0.3) is 5.91 Å². The molecular weight excluding hydrogens is 433 g/mol. The molecule has 2 atom stereocenters. The summed E-state index contributed by atoms with van der Waals surface area (Å²) < 4.78 is 38.8. The average molecular weight is 465 g/mol. The minimum atomic E-state index is -4.36. The van der Waals surface area contributed by atoms with E-state index in [9.17, 15) is 18.0 Å². The van der Waals surface area contributed by atoms with Crippen molar-refractivity contribution in [3.05, 3.63) is 59.4 Å². The summed E-state index contributed by atoms with van der Waals surface area (Å²) in [6.07, 6.45) is -1.21. The fraction of sp³-hybridized carbons (Fsp3) is 0.520. The van der Waals surface area contributed by atoms with Gasteiger partial charge < -0.3 is 4.90 Å². The monoisotopic (exact) mass is 464 g/mol. The lowest BCUT2D eigenvalue weighted by Crippen LogP contribution is -2.38. The zero-order chi connectivity index (χ0) is 22.4. The van der Waals surface area contributed by atoms with Gasteiger partial charge in [-0.2, -0.15) is 13.2 Å². The molecule has 0 N–H and O–H groups in total. The van der Waals surface area contributed by atoms with Crippen LogP contribution in [0.3, 0.4) is 0 Å². The van der Waals surface area contributed by atoms with Crippen molar-refractivity contribution in [2.75, 3.05) is 6.54 Å². The van der Waals surface area contributed by atoms with E-state index in [0.717, 1.165) is 37.9 Å². The summed E-state index contributed by atoms with van der Waals surface area (Å²) in [4.78, 5) is 20.3. The summed E-state index contributed by atoms with van der Waals surface area (Å²) >= 11 is 1.28. The Morgan fingerprint density at radius 1 is 1.16 bits per heavy atom. The van der Waals surface area contributed by atoms with Crippen LogP contribution in [0.2, 0.25) is 0 Å². The molecule has 2 aliphatic rings. The van der Waals surface area contributed by atoms with Gasteiger partial charge in [0, 0.05) is 23.2 Å². The third-order valence-electron chi connectivity index (χ3n) is 6.25. The van der Waals surface area contributed by atoms with Crippen LogP contribution in [0.1, 0.15) is 69.2 Å². The van der Waals surface area contributed by atoms with E-state index in [1.165, 1.54) is 17.8 Å². The molecular formula is C25H31F3N2OS. The second kappa shape index (κ2) is 8.73. The van der Waals surface area contributed by atoms with Crippen molar-refractivity contribution in [2.24, 2.45) is 10.8 Å². The van der Waals surface area contributed by atoms with Gasteiger partial charge in [0.1, 0.15) is 5.69 Å². The van der Waals surface area contributed by atoms with E-state index in [4.69, 9.17) is 0 Å². The third-order valence-corrected chi connectivity index (χ3v) is 7.28. The number of benzene rings is 1. The number of halogens is 3. The molecule has 2 aromatic rings. The van der Waals surface area contributed by atoms with E-state index < -0.39 is 11.7 Å². The first-order valence-electron chi connectivity index (χ1n) is 10.5. The number of thioether (sulfide) groups is 1. The fourth-order valence-electron chi connectivity index (χ4n) is 5.44. The van der Waals surface area contributed by atoms with Crippen LogP contribution in [0.15, 0.2) is 47.4 Å². The molecule has 4 rings (SSSR count). The van der Waals surface area contributed by atoms with Gasteiger partial charge in [-0.1, -0.05) is 40.3 Å². The highest BCUT2D eigenvalue weighted by Gasteiger charge is 2.51. The molecule has 2 fully saturated rings. The molecule has 32 heavy (non-hydrogen) atoms. The van der Waals surface area contributed by atoms with Crippen LogP contribution in [0.5, 0.6) is 0 Å². The van der Waals surface area contributed by atoms with Crippen LogP contribution < -0.4 is 0 Å². The molecule has 2 bridgehead atoms. The molecule has 1 saturated carbocycles. The van der Waals surface area contributed by atoms with Crippen LogP contribution >= 0.6 is 11.8 Å². The van der Waals surface area contributed by atoms with Crippen LogP contribution in [-0.2, 0) is 11.9 Å². The molecule has 2 heterocycles. The maximum absolute atomic E-state index is 13.3. The van der Waals surface area contributed by atoms with Crippen LogP contribution in [-0.4, -0.2) is 28.4 Å². The number of carbonyl (C=O) groups is 1. The van der Waals surface area contributed by atoms with Gasteiger partial charge >= 0.3 is 6.18 Å². The number of nitrogens with zero attached hydrogens (tertiary/aromatic N) is 2. The number of aromatic nitrogens is 1. The number of amides is 1. The van der Waals surface area contributed by atoms with Crippen molar-refractivity contribution in [3.63, 3.8) is 0 Å². The van der Waals surface area contributed by atoms with E-state index in [-0.39, 0.29) is 30.2 Å². The third kappa shape index (κ3) is 5.30. The summed E-state index contributed by atoms with van der Waals surface area (Å²) in [6.45, 7) is 7.57. The smallest absolute Gasteiger partial charge is 0.334 e. The molecule has 1 aliphatic heterocycles. The summed E-state index contributed by atoms with van der Waals surface area (Å²) in [7, 11) is 0. The highest BCUT2D eigenvalue weighted by atomic mass is 32.2. The molecule has 3 nitrogen and oxygen atoms in total. The van der Waals surface area contributed by atoms with Gasteiger partial charge in [-0.3, -0.25) is 4.79 Å². The quantitative estimate of drug-likeness (QED) is 0.454. The summed E-state index contributed by atoms with van der Waals surface area (Å²) in [5.41, 5.74) is 0.812. The molecule has 1 saturated heterocycles. The van der Waals surface area contributed by atoms with Crippen molar-refractivity contribution in [2.45, 2.75) is 70.3 Å². The number of alkyl halides is 3. The fourth-order valence-corrected chi connectivity index (χ4v) is 6.30. The van der Waals surface area contributed by atoms with E-state index in [0.29, 0.717) is 22.0 Å². The largest absolute Gasteiger partial charge is 0.416 e. The number of pyridine rings is 1. The molecule has 0 unspecified atom stereocenters. The Bertz CT molecular complexity index is 991. The average Bonchev–Trinajstić information content (AvgIpc) is 2.94. The Hall–Kier alpha value is -2.02. The van der Waals surface area contributed by atoms with Crippen molar-refractivity contribution >= 4 is 17.7 Å². The van der Waals surface area contributed by atoms with Gasteiger partial charge in [0.05, 0.1) is 11.3 Å². The molecule has 1 aromatic carbocycles. The van der Waals surface area contributed by atoms with Crippen molar-refractivity contribution in [1.29, 1.82) is 0 Å². The lowest BCUT2D eigenvalue weighted by Gasteiger charge is -2.39. The first-order valence-corrected chi connectivity index (χ1v) is 11.5. The van der Waals surface area contributed by atoms with Crippen LogP contribution in [0.4, 0.5) is 13.2 Å². The van der Waals surface area contributed by atoms with Crippen LogP contribution in [0.25, 0.3) is 0 Å². The number of hydrogen-bond acceptors (Lipinski definition) is 3. The molecule has 0 spiro atoms. The normalized spacial score (nSPS) is 24.2. The molecule has 0 radical (unpaired) electrons. The lowest BCUT2D eigenvalue weighted by atomic mass is 9.65. The Kier molecular flexibility index (Phi) is 6.72. The first-order chi connectivity index (χ1) is 14.4. The first kappa shape index (κ1) is 24.6.